The van der Waals surface area contributed by atoms with Crippen molar-refractivity contribution in [1.82, 2.24) is 4.90 Å². The summed E-state index contributed by atoms with van der Waals surface area (Å²) in [5.74, 6) is 0.0877. The van der Waals surface area contributed by atoms with Gasteiger partial charge >= 0.3 is 0 Å². The second-order valence-corrected chi connectivity index (χ2v) is 5.79. The van der Waals surface area contributed by atoms with E-state index in [0.717, 1.165) is 16.7 Å². The highest BCUT2D eigenvalue weighted by molar-refractivity contribution is 6.31. The van der Waals surface area contributed by atoms with Crippen LogP contribution in [0.25, 0.3) is 0 Å². The molecule has 1 aliphatic heterocycles. The van der Waals surface area contributed by atoms with Gasteiger partial charge in [0, 0.05) is 17.1 Å². The molecule has 0 bridgehead atoms. The summed E-state index contributed by atoms with van der Waals surface area (Å²) in [6.07, 6.45) is 0.407. The van der Waals surface area contributed by atoms with E-state index in [2.05, 4.69) is 0 Å². The molecule has 0 fully saturated rings. The molecule has 0 saturated carbocycles. The first-order valence-corrected chi connectivity index (χ1v) is 7.12. The SMILES string of the molecule is CN1C(=O)Cc2ccc(Cl)cc2C1c1ccccc1Cl. The van der Waals surface area contributed by atoms with Crippen molar-refractivity contribution in [2.45, 2.75) is 12.5 Å². The number of amides is 1. The molecule has 3 rings (SSSR count). The first-order chi connectivity index (χ1) is 9.58. The molecule has 0 spiro atoms. The number of nitrogens with zero attached hydrogens (tertiary/aromatic N) is 1. The van der Waals surface area contributed by atoms with Gasteiger partial charge in [-0.2, -0.15) is 0 Å². The van der Waals surface area contributed by atoms with Crippen LogP contribution in [0.15, 0.2) is 42.5 Å². The van der Waals surface area contributed by atoms with Crippen LogP contribution in [0.3, 0.4) is 0 Å². The van der Waals surface area contributed by atoms with E-state index in [1.54, 1.807) is 11.9 Å². The molecule has 0 aromatic heterocycles. The van der Waals surface area contributed by atoms with Gasteiger partial charge in [-0.3, -0.25) is 4.79 Å². The maximum Gasteiger partial charge on any atom is 0.227 e. The topological polar surface area (TPSA) is 20.3 Å². The average molecular weight is 306 g/mol. The molecular formula is C16H13Cl2NO. The zero-order valence-corrected chi connectivity index (χ0v) is 12.4. The Balaban J connectivity index is 2.21. The van der Waals surface area contributed by atoms with E-state index in [1.807, 2.05) is 42.5 Å². The number of fused-ring (bicyclic) bond motifs is 1. The van der Waals surface area contributed by atoms with Crippen molar-refractivity contribution in [3.8, 4) is 0 Å². The average Bonchev–Trinajstić information content (AvgIpc) is 2.42. The summed E-state index contributed by atoms with van der Waals surface area (Å²) in [7, 11) is 1.81. The zero-order chi connectivity index (χ0) is 14.3. The number of hydrogen-bond donors (Lipinski definition) is 0. The van der Waals surface area contributed by atoms with E-state index < -0.39 is 0 Å². The van der Waals surface area contributed by atoms with Gasteiger partial charge in [-0.15, -0.1) is 0 Å². The molecule has 0 N–H and O–H groups in total. The number of halogens is 2. The van der Waals surface area contributed by atoms with Crippen LogP contribution in [-0.4, -0.2) is 17.9 Å². The Hall–Kier alpha value is -1.51. The molecule has 2 aromatic carbocycles. The lowest BCUT2D eigenvalue weighted by molar-refractivity contribution is -0.131. The number of hydrogen-bond acceptors (Lipinski definition) is 1. The van der Waals surface area contributed by atoms with Crippen LogP contribution in [0, 0.1) is 0 Å². The van der Waals surface area contributed by atoms with Crippen LogP contribution in [-0.2, 0) is 11.2 Å². The molecule has 1 heterocycles. The van der Waals surface area contributed by atoms with Gasteiger partial charge < -0.3 is 4.90 Å². The van der Waals surface area contributed by atoms with Crippen LogP contribution >= 0.6 is 23.2 Å². The monoisotopic (exact) mass is 305 g/mol. The van der Waals surface area contributed by atoms with Crippen molar-refractivity contribution in [2.24, 2.45) is 0 Å². The molecule has 0 saturated heterocycles. The lowest BCUT2D eigenvalue weighted by Crippen LogP contribution is -2.37. The van der Waals surface area contributed by atoms with Crippen LogP contribution in [0.4, 0.5) is 0 Å². The Morgan fingerprint density at radius 1 is 1.10 bits per heavy atom. The van der Waals surface area contributed by atoms with Gasteiger partial charge in [-0.05, 0) is 34.9 Å². The standard InChI is InChI=1S/C16H13Cl2NO/c1-19-15(20)8-10-6-7-11(17)9-13(10)16(19)12-4-2-3-5-14(12)18/h2-7,9,16H,8H2,1H3. The molecule has 1 aliphatic rings. The fourth-order valence-electron chi connectivity index (χ4n) is 2.69. The molecule has 0 aliphatic carbocycles. The minimum absolute atomic E-state index is 0.0877. The smallest absolute Gasteiger partial charge is 0.227 e. The molecule has 20 heavy (non-hydrogen) atoms. The molecule has 1 amide bonds. The number of likely N-dealkylation sites (N-methyl/N-ethyl adjacent to an activating group) is 1. The highest BCUT2D eigenvalue weighted by Gasteiger charge is 2.32. The minimum atomic E-state index is -0.182. The lowest BCUT2D eigenvalue weighted by atomic mass is 9.88. The summed E-state index contributed by atoms with van der Waals surface area (Å²) >= 11 is 12.4. The minimum Gasteiger partial charge on any atom is -0.334 e. The van der Waals surface area contributed by atoms with Crippen molar-refractivity contribution in [3.05, 3.63) is 69.2 Å². The summed E-state index contributed by atoms with van der Waals surface area (Å²) in [4.78, 5) is 13.9. The van der Waals surface area contributed by atoms with Crippen LogP contribution < -0.4 is 0 Å². The fraction of sp³-hybridized carbons (Fsp3) is 0.188. The Kier molecular flexibility index (Phi) is 3.45. The summed E-state index contributed by atoms with van der Waals surface area (Å²) in [6, 6.07) is 13.1. The van der Waals surface area contributed by atoms with Gasteiger partial charge in [0.15, 0.2) is 0 Å². The van der Waals surface area contributed by atoms with Gasteiger partial charge in [0.2, 0.25) is 5.91 Å². The molecule has 2 aromatic rings. The molecule has 1 atom stereocenters. The Morgan fingerprint density at radius 3 is 2.60 bits per heavy atom. The van der Waals surface area contributed by atoms with Gasteiger partial charge in [0.1, 0.15) is 0 Å². The number of benzene rings is 2. The van der Waals surface area contributed by atoms with Crippen molar-refractivity contribution in [3.63, 3.8) is 0 Å². The normalized spacial score (nSPS) is 18.1. The number of rotatable bonds is 1. The first-order valence-electron chi connectivity index (χ1n) is 6.36. The van der Waals surface area contributed by atoms with Gasteiger partial charge in [0.05, 0.1) is 12.5 Å². The second kappa shape index (κ2) is 5.12. The Morgan fingerprint density at radius 2 is 1.85 bits per heavy atom. The third-order valence-electron chi connectivity index (χ3n) is 3.72. The molecule has 1 unspecified atom stereocenters. The number of carbonyl (C=O) groups is 1. The van der Waals surface area contributed by atoms with E-state index in [-0.39, 0.29) is 11.9 Å². The van der Waals surface area contributed by atoms with Crippen LogP contribution in [0.1, 0.15) is 22.7 Å². The van der Waals surface area contributed by atoms with E-state index in [1.165, 1.54) is 0 Å². The summed E-state index contributed by atoms with van der Waals surface area (Å²) < 4.78 is 0. The number of carbonyl (C=O) groups excluding carboxylic acids is 1. The van der Waals surface area contributed by atoms with E-state index in [0.29, 0.717) is 16.5 Å². The molecule has 0 radical (unpaired) electrons. The van der Waals surface area contributed by atoms with Gasteiger partial charge in [-0.1, -0.05) is 47.5 Å². The summed E-state index contributed by atoms with van der Waals surface area (Å²) in [6.45, 7) is 0. The first kappa shape index (κ1) is 13.5. The predicted octanol–water partition coefficient (Wildman–Crippen LogP) is 4.10. The van der Waals surface area contributed by atoms with Crippen molar-refractivity contribution in [2.75, 3.05) is 7.05 Å². The van der Waals surface area contributed by atoms with E-state index in [4.69, 9.17) is 23.2 Å². The lowest BCUT2D eigenvalue weighted by Gasteiger charge is -2.35. The summed E-state index contributed by atoms with van der Waals surface area (Å²) in [5, 5.41) is 1.33. The van der Waals surface area contributed by atoms with Gasteiger partial charge in [-0.25, -0.2) is 0 Å². The second-order valence-electron chi connectivity index (χ2n) is 4.95. The fourth-order valence-corrected chi connectivity index (χ4v) is 3.11. The molecule has 4 heteroatoms. The maximum atomic E-state index is 12.2. The van der Waals surface area contributed by atoms with Crippen LogP contribution in [0.2, 0.25) is 10.0 Å². The van der Waals surface area contributed by atoms with E-state index in [9.17, 15) is 4.79 Å². The molecule has 2 nitrogen and oxygen atoms in total. The quantitative estimate of drug-likeness (QED) is 0.777. The Bertz CT molecular complexity index is 684. The zero-order valence-electron chi connectivity index (χ0n) is 10.9. The molecule has 102 valence electrons. The van der Waals surface area contributed by atoms with Crippen molar-refractivity contribution in [1.29, 1.82) is 0 Å². The third-order valence-corrected chi connectivity index (χ3v) is 4.30. The Labute approximate surface area is 127 Å². The van der Waals surface area contributed by atoms with Crippen LogP contribution in [0.5, 0.6) is 0 Å². The van der Waals surface area contributed by atoms with Crippen molar-refractivity contribution < 1.29 is 4.79 Å². The van der Waals surface area contributed by atoms with E-state index >= 15 is 0 Å². The maximum absolute atomic E-state index is 12.2. The van der Waals surface area contributed by atoms with Crippen molar-refractivity contribution >= 4 is 29.1 Å². The largest absolute Gasteiger partial charge is 0.334 e. The van der Waals surface area contributed by atoms with Gasteiger partial charge in [0.25, 0.3) is 0 Å². The molecular weight excluding hydrogens is 293 g/mol. The highest BCUT2D eigenvalue weighted by atomic mass is 35.5. The predicted molar refractivity (Wildman–Crippen MR) is 81.2 cm³/mol. The summed E-state index contributed by atoms with van der Waals surface area (Å²) in [5.41, 5.74) is 2.99. The highest BCUT2D eigenvalue weighted by Crippen LogP contribution is 2.38. The third kappa shape index (κ3) is 2.19.